The highest BCUT2D eigenvalue weighted by molar-refractivity contribution is 5.38. The third-order valence-electron chi connectivity index (χ3n) is 9.56. The smallest absolute Gasteiger partial charge is 0.393 e. The molecule has 0 saturated heterocycles. The second kappa shape index (κ2) is 12.7. The summed E-state index contributed by atoms with van der Waals surface area (Å²) in [5.41, 5.74) is -5.18. The molecule has 4 nitrogen and oxygen atoms in total. The van der Waals surface area contributed by atoms with Crippen molar-refractivity contribution in [3.8, 4) is 11.8 Å². The quantitative estimate of drug-likeness (QED) is 0.186. The molecule has 42 heavy (non-hydrogen) atoms. The van der Waals surface area contributed by atoms with Crippen molar-refractivity contribution in [2.75, 3.05) is 0 Å². The summed E-state index contributed by atoms with van der Waals surface area (Å²) in [5.74, 6) is 2.43. The summed E-state index contributed by atoms with van der Waals surface area (Å²) < 4.78 is 102. The molecule has 0 aromatic heterocycles. The standard InChI is InChI=1S/C32H44F6O4/c1-20-23(18-24(39)19-27(20)40)12-11-22-9-6-16-29(4)25(13-14-26(22)29)21(8-5-15-28(2,3)41)10-7-17-30(42,31(33,34)35)32(36,37)38/h11-12,21,24-27,39-42H,1,5-6,8-10,13-16,18-19H2,2-4H3/b22-11+,23-12-/t21-,24+,25?,26?,27-,29+/m0/s1/i2D3/t21-,24+,25?,26?,27-,28?,29+. The van der Waals surface area contributed by atoms with Crippen LogP contribution in [0.25, 0.3) is 0 Å². The molecule has 0 amide bonds. The largest absolute Gasteiger partial charge is 0.438 e. The summed E-state index contributed by atoms with van der Waals surface area (Å²) in [5, 5.41) is 40.3. The monoisotopic (exact) mass is 609 g/mol. The Labute approximate surface area is 248 Å². The summed E-state index contributed by atoms with van der Waals surface area (Å²) in [7, 11) is 0. The molecular formula is C32H44F6O4. The van der Waals surface area contributed by atoms with Gasteiger partial charge < -0.3 is 20.4 Å². The second-order valence-electron chi connectivity index (χ2n) is 12.8. The van der Waals surface area contributed by atoms with E-state index in [1.54, 1.807) is 0 Å². The fourth-order valence-corrected chi connectivity index (χ4v) is 7.29. The SMILES string of the molecule is [2H]C([2H])([2H])C(C)(O)CCC[C@@H](CC#CC(O)(C(F)(F)F)C(F)(F)F)C1CCC2/C(=C/C=C3/C[C@@H](O)C[C@H](O)C3=C)CCC[C@@]21C. The highest BCUT2D eigenvalue weighted by Gasteiger charge is 2.70. The molecule has 0 radical (unpaired) electrons. The molecule has 238 valence electrons. The Bertz CT molecular complexity index is 1200. The highest BCUT2D eigenvalue weighted by Crippen LogP contribution is 2.60. The fraction of sp³-hybridized carbons (Fsp3) is 0.750. The van der Waals surface area contributed by atoms with Crippen LogP contribution in [0.5, 0.6) is 0 Å². The third-order valence-corrected chi connectivity index (χ3v) is 9.56. The van der Waals surface area contributed by atoms with Gasteiger partial charge in [-0.05, 0) is 105 Å². The first-order chi connectivity index (χ1) is 20.4. The van der Waals surface area contributed by atoms with Gasteiger partial charge in [0.15, 0.2) is 0 Å². The lowest BCUT2D eigenvalue weighted by atomic mass is 9.60. The average Bonchev–Trinajstić information content (AvgIpc) is 3.24. The Morgan fingerprint density at radius 3 is 2.40 bits per heavy atom. The van der Waals surface area contributed by atoms with Gasteiger partial charge in [-0.2, -0.15) is 26.3 Å². The van der Waals surface area contributed by atoms with E-state index in [2.05, 4.69) is 13.5 Å². The van der Waals surface area contributed by atoms with E-state index in [1.165, 1.54) is 6.92 Å². The van der Waals surface area contributed by atoms with E-state index in [-0.39, 0.29) is 49.4 Å². The topological polar surface area (TPSA) is 80.9 Å². The number of alkyl halides is 6. The van der Waals surface area contributed by atoms with Gasteiger partial charge >= 0.3 is 18.0 Å². The van der Waals surface area contributed by atoms with Gasteiger partial charge in [0.2, 0.25) is 0 Å². The molecule has 3 aliphatic carbocycles. The molecule has 3 unspecified atom stereocenters. The molecule has 10 heteroatoms. The summed E-state index contributed by atoms with van der Waals surface area (Å²) in [6.07, 6.45) is -5.77. The minimum Gasteiger partial charge on any atom is -0.393 e. The lowest BCUT2D eigenvalue weighted by Crippen LogP contribution is -2.55. The molecule has 0 spiro atoms. The molecule has 0 bridgehead atoms. The molecule has 0 aromatic carbocycles. The molecule has 0 aliphatic heterocycles. The number of hydrogen-bond acceptors (Lipinski definition) is 4. The van der Waals surface area contributed by atoms with Crippen LogP contribution in [0.3, 0.4) is 0 Å². The molecule has 4 N–H and O–H groups in total. The number of aliphatic hydroxyl groups excluding tert-OH is 2. The zero-order valence-electron chi connectivity index (χ0n) is 27.1. The van der Waals surface area contributed by atoms with Crippen molar-refractivity contribution in [3.63, 3.8) is 0 Å². The van der Waals surface area contributed by atoms with Crippen LogP contribution in [0.15, 0.2) is 35.5 Å². The average molecular weight is 610 g/mol. The number of fused-ring (bicyclic) bond motifs is 1. The maximum absolute atomic E-state index is 13.3. The number of halogens is 6. The van der Waals surface area contributed by atoms with Crippen LogP contribution < -0.4 is 0 Å². The zero-order valence-corrected chi connectivity index (χ0v) is 24.1. The highest BCUT2D eigenvalue weighted by atomic mass is 19.4. The van der Waals surface area contributed by atoms with Crippen LogP contribution >= 0.6 is 0 Å². The lowest BCUT2D eigenvalue weighted by Gasteiger charge is -2.45. The third kappa shape index (κ3) is 7.64. The summed E-state index contributed by atoms with van der Waals surface area (Å²) >= 11 is 0. The van der Waals surface area contributed by atoms with Gasteiger partial charge in [0, 0.05) is 17.0 Å². The first-order valence-corrected chi connectivity index (χ1v) is 14.5. The minimum absolute atomic E-state index is 0.0584. The van der Waals surface area contributed by atoms with Crippen molar-refractivity contribution in [1.29, 1.82) is 0 Å². The van der Waals surface area contributed by atoms with E-state index < -0.39 is 48.5 Å². The lowest BCUT2D eigenvalue weighted by molar-refractivity contribution is -0.343. The zero-order chi connectivity index (χ0) is 34.2. The maximum Gasteiger partial charge on any atom is 0.438 e. The van der Waals surface area contributed by atoms with Crippen LogP contribution in [-0.2, 0) is 0 Å². The van der Waals surface area contributed by atoms with Crippen molar-refractivity contribution in [2.24, 2.45) is 23.2 Å². The van der Waals surface area contributed by atoms with E-state index in [9.17, 15) is 46.8 Å². The van der Waals surface area contributed by atoms with Crippen molar-refractivity contribution < 1.29 is 50.9 Å². The van der Waals surface area contributed by atoms with Crippen LogP contribution in [0.1, 0.15) is 95.4 Å². The van der Waals surface area contributed by atoms with Gasteiger partial charge in [-0.15, -0.1) is 0 Å². The van der Waals surface area contributed by atoms with Crippen LogP contribution in [-0.4, -0.2) is 56.2 Å². The Hall–Kier alpha value is -1.80. The summed E-state index contributed by atoms with van der Waals surface area (Å²) in [6, 6.07) is 0. The maximum atomic E-state index is 13.3. The molecule has 3 saturated carbocycles. The molecule has 0 heterocycles. The van der Waals surface area contributed by atoms with Crippen molar-refractivity contribution in [2.45, 2.75) is 127 Å². The predicted octanol–water partition coefficient (Wildman–Crippen LogP) is 6.93. The van der Waals surface area contributed by atoms with Gasteiger partial charge in [-0.1, -0.05) is 43.6 Å². The van der Waals surface area contributed by atoms with E-state index in [4.69, 9.17) is 4.11 Å². The van der Waals surface area contributed by atoms with Crippen LogP contribution in [0.2, 0.25) is 0 Å². The fourth-order valence-electron chi connectivity index (χ4n) is 7.29. The molecular weight excluding hydrogens is 562 g/mol. The van der Waals surface area contributed by atoms with Crippen molar-refractivity contribution in [3.05, 3.63) is 35.5 Å². The van der Waals surface area contributed by atoms with Crippen LogP contribution in [0.4, 0.5) is 26.3 Å². The molecule has 3 fully saturated rings. The Kier molecular flexibility index (Phi) is 9.12. The summed E-state index contributed by atoms with van der Waals surface area (Å²) in [4.78, 5) is 0. The van der Waals surface area contributed by atoms with Gasteiger partial charge in [-0.3, -0.25) is 0 Å². The Morgan fingerprint density at radius 2 is 1.79 bits per heavy atom. The molecule has 0 aromatic rings. The van der Waals surface area contributed by atoms with Crippen molar-refractivity contribution >= 4 is 0 Å². The van der Waals surface area contributed by atoms with Gasteiger partial charge in [0.1, 0.15) is 0 Å². The van der Waals surface area contributed by atoms with Gasteiger partial charge in [-0.25, -0.2) is 0 Å². The number of rotatable bonds is 7. The van der Waals surface area contributed by atoms with E-state index in [1.807, 2.05) is 18.1 Å². The Balaban J connectivity index is 1.92. The molecule has 3 rings (SSSR count). The van der Waals surface area contributed by atoms with E-state index in [0.29, 0.717) is 24.8 Å². The molecule has 3 aliphatic rings. The van der Waals surface area contributed by atoms with Crippen LogP contribution in [0, 0.1) is 35.0 Å². The normalized spacial score (nSPS) is 34.6. The number of allylic oxidation sites excluding steroid dienone is 3. The Morgan fingerprint density at radius 1 is 1.12 bits per heavy atom. The minimum atomic E-state index is -6.07. The predicted molar refractivity (Wildman–Crippen MR) is 148 cm³/mol. The van der Waals surface area contributed by atoms with E-state index >= 15 is 0 Å². The number of aliphatic hydroxyl groups is 4. The summed E-state index contributed by atoms with van der Waals surface area (Å²) in [6.45, 7) is 4.48. The first kappa shape index (κ1) is 30.2. The van der Waals surface area contributed by atoms with E-state index in [0.717, 1.165) is 36.3 Å². The van der Waals surface area contributed by atoms with Gasteiger partial charge in [0.05, 0.1) is 17.8 Å². The molecule has 7 atom stereocenters. The number of hydrogen-bond donors (Lipinski definition) is 4. The van der Waals surface area contributed by atoms with Gasteiger partial charge in [0.25, 0.3) is 0 Å². The second-order valence-corrected chi connectivity index (χ2v) is 12.8. The first-order valence-electron chi connectivity index (χ1n) is 16.0. The van der Waals surface area contributed by atoms with Crippen molar-refractivity contribution in [1.82, 2.24) is 0 Å².